The van der Waals surface area contributed by atoms with Crippen LogP contribution in [0.2, 0.25) is 0 Å². The third kappa shape index (κ3) is 20.3. The van der Waals surface area contributed by atoms with Crippen molar-refractivity contribution in [2.45, 2.75) is 115 Å². The fourth-order valence-corrected chi connectivity index (χ4v) is 4.57. The first-order chi connectivity index (χ1) is 23.8. The van der Waals surface area contributed by atoms with Gasteiger partial charge < -0.3 is 66.1 Å². The molecule has 0 bridgehead atoms. The van der Waals surface area contributed by atoms with E-state index < -0.39 is 90.0 Å². The maximum absolute atomic E-state index is 13.4. The Bertz CT molecular complexity index is 1240. The molecule has 0 aliphatic heterocycles. The van der Waals surface area contributed by atoms with E-state index in [9.17, 15) is 43.5 Å². The zero-order valence-electron chi connectivity index (χ0n) is 29.4. The second-order valence-electron chi connectivity index (χ2n) is 12.5. The third-order valence-electron chi connectivity index (χ3n) is 7.31. The van der Waals surface area contributed by atoms with Gasteiger partial charge >= 0.3 is 5.97 Å². The van der Waals surface area contributed by atoms with Crippen molar-refractivity contribution in [1.29, 1.82) is 0 Å². The molecule has 21 heteroatoms. The highest BCUT2D eigenvalue weighted by molar-refractivity contribution is 5.97. The van der Waals surface area contributed by atoms with E-state index in [4.69, 9.17) is 34.4 Å². The van der Waals surface area contributed by atoms with Crippen LogP contribution in [0.1, 0.15) is 78.6 Å². The number of guanidine groups is 1. The summed E-state index contributed by atoms with van der Waals surface area (Å²) in [5, 5.41) is 21.5. The van der Waals surface area contributed by atoms with Crippen molar-refractivity contribution >= 4 is 53.3 Å². The van der Waals surface area contributed by atoms with E-state index in [0.29, 0.717) is 25.8 Å². The Morgan fingerprint density at radius 2 is 1.18 bits per heavy atom. The monoisotopic (exact) mass is 728 g/mol. The number of carboxylic acids is 1. The SMILES string of the molecule is CC(C)C[C@H](NC(=O)[C@H](CCCCN)NC(=O)[C@@H](N)CCCN=C(N)N)C(=O)N[C@@H](C)C(=O)N[C@@H](CC(N)=O)C(=O)N[C@@H](CCC(N)=O)C(=O)O. The molecule has 6 atom stereocenters. The number of hydrogen-bond donors (Lipinski definition) is 12. The average molecular weight is 729 g/mol. The highest BCUT2D eigenvalue weighted by Crippen LogP contribution is 2.09. The molecule has 0 rings (SSSR count). The summed E-state index contributed by atoms with van der Waals surface area (Å²) in [5.41, 5.74) is 32.5. The van der Waals surface area contributed by atoms with Crippen molar-refractivity contribution in [3.05, 3.63) is 0 Å². The maximum Gasteiger partial charge on any atom is 0.326 e. The predicted molar refractivity (Wildman–Crippen MR) is 185 cm³/mol. The quantitative estimate of drug-likeness (QED) is 0.0226. The van der Waals surface area contributed by atoms with Crippen LogP contribution >= 0.6 is 0 Å². The zero-order chi connectivity index (χ0) is 39.3. The molecule has 0 heterocycles. The van der Waals surface area contributed by atoms with Gasteiger partial charge in [0.25, 0.3) is 0 Å². The lowest BCUT2D eigenvalue weighted by atomic mass is 10.0. The molecule has 0 aliphatic carbocycles. The fraction of sp³-hybridized carbons (Fsp3) is 0.700. The predicted octanol–water partition coefficient (Wildman–Crippen LogP) is -4.79. The second kappa shape index (κ2) is 24.2. The first-order valence-corrected chi connectivity index (χ1v) is 16.6. The molecule has 18 N–H and O–H groups in total. The number of rotatable bonds is 26. The van der Waals surface area contributed by atoms with Crippen LogP contribution in [0.5, 0.6) is 0 Å². The third-order valence-corrected chi connectivity index (χ3v) is 7.31. The lowest BCUT2D eigenvalue weighted by molar-refractivity contribution is -0.142. The molecule has 0 saturated carbocycles. The average Bonchev–Trinajstić information content (AvgIpc) is 3.02. The lowest BCUT2D eigenvalue weighted by Gasteiger charge is -2.26. The summed E-state index contributed by atoms with van der Waals surface area (Å²) in [6.07, 6.45) is 0.571. The van der Waals surface area contributed by atoms with E-state index in [1.165, 1.54) is 6.92 Å². The van der Waals surface area contributed by atoms with Crippen LogP contribution < -0.4 is 61.0 Å². The van der Waals surface area contributed by atoms with E-state index in [2.05, 4.69) is 31.6 Å². The van der Waals surface area contributed by atoms with Crippen molar-refractivity contribution in [2.75, 3.05) is 13.1 Å². The van der Waals surface area contributed by atoms with Gasteiger partial charge in [0, 0.05) is 13.0 Å². The molecule has 7 amide bonds. The molecule has 0 fully saturated rings. The Balaban J connectivity index is 5.75. The van der Waals surface area contributed by atoms with Crippen molar-refractivity contribution in [3.8, 4) is 0 Å². The van der Waals surface area contributed by atoms with E-state index in [1.54, 1.807) is 13.8 Å². The van der Waals surface area contributed by atoms with Crippen LogP contribution in [0, 0.1) is 5.92 Å². The molecule has 51 heavy (non-hydrogen) atoms. The number of aliphatic imine (C=N–C) groups is 1. The van der Waals surface area contributed by atoms with Crippen molar-refractivity contribution < 1.29 is 43.5 Å². The summed E-state index contributed by atoms with van der Waals surface area (Å²) in [7, 11) is 0. The van der Waals surface area contributed by atoms with Crippen LogP contribution in [-0.2, 0) is 38.4 Å². The number of hydrogen-bond acceptors (Lipinski definition) is 11. The highest BCUT2D eigenvalue weighted by atomic mass is 16.4. The minimum Gasteiger partial charge on any atom is -0.480 e. The Hall–Kier alpha value is -5.05. The molecule has 21 nitrogen and oxygen atoms in total. The summed E-state index contributed by atoms with van der Waals surface area (Å²) in [6.45, 7) is 5.48. The highest BCUT2D eigenvalue weighted by Gasteiger charge is 2.32. The minimum absolute atomic E-state index is 0.0970. The van der Waals surface area contributed by atoms with Gasteiger partial charge in [-0.05, 0) is 64.3 Å². The Labute approximate surface area is 296 Å². The molecule has 0 aromatic rings. The van der Waals surface area contributed by atoms with Gasteiger partial charge in [-0.2, -0.15) is 0 Å². The van der Waals surface area contributed by atoms with Gasteiger partial charge in [-0.15, -0.1) is 0 Å². The minimum atomic E-state index is -1.63. The van der Waals surface area contributed by atoms with Crippen molar-refractivity contribution in [1.82, 2.24) is 26.6 Å². The molecule has 0 unspecified atom stereocenters. The smallest absolute Gasteiger partial charge is 0.326 e. The largest absolute Gasteiger partial charge is 0.480 e. The van der Waals surface area contributed by atoms with Crippen LogP contribution in [0.4, 0.5) is 0 Å². The molecule has 290 valence electrons. The van der Waals surface area contributed by atoms with Gasteiger partial charge in [0.15, 0.2) is 5.96 Å². The van der Waals surface area contributed by atoms with Crippen molar-refractivity contribution in [2.24, 2.45) is 45.3 Å². The molecule has 0 spiro atoms. The van der Waals surface area contributed by atoms with Crippen LogP contribution in [-0.4, -0.2) is 108 Å². The van der Waals surface area contributed by atoms with Gasteiger partial charge in [-0.3, -0.25) is 38.6 Å². The Morgan fingerprint density at radius 1 is 0.627 bits per heavy atom. The number of nitrogens with zero attached hydrogens (tertiary/aromatic N) is 1. The number of carboxylic acid groups (broad SMARTS) is 1. The number of nitrogens with two attached hydrogens (primary N) is 6. The summed E-state index contributed by atoms with van der Waals surface area (Å²) in [4.78, 5) is 104. The topological polar surface area (TPSA) is 385 Å². The van der Waals surface area contributed by atoms with Crippen LogP contribution in [0.15, 0.2) is 4.99 Å². The van der Waals surface area contributed by atoms with Gasteiger partial charge in [-0.1, -0.05) is 13.8 Å². The van der Waals surface area contributed by atoms with Crippen LogP contribution in [0.25, 0.3) is 0 Å². The standard InChI is InChI=1S/C30H56N12O9/c1-15(2)13-20(42-26(47)18(8-4-5-11-31)39-25(46)17(32)7-6-12-37-30(35)36)27(48)38-16(3)24(45)41-21(14-23(34)44)28(49)40-19(29(50)51)9-10-22(33)43/h15-21H,4-14,31-32H2,1-3H3,(H2,33,43)(H2,34,44)(H,38,48)(H,39,46)(H,40,49)(H,41,45)(H,42,47)(H,50,51)(H4,35,36,37)/t16-,17-,18-,19-,20-,21-/m0/s1. The number of aliphatic carboxylic acids is 1. The molecular weight excluding hydrogens is 672 g/mol. The molecule has 0 radical (unpaired) electrons. The first-order valence-electron chi connectivity index (χ1n) is 16.6. The molecule has 0 aliphatic rings. The number of carbonyl (C=O) groups excluding carboxylic acids is 7. The number of carbonyl (C=O) groups is 8. The lowest BCUT2D eigenvalue weighted by Crippen LogP contribution is -2.59. The molecule has 0 saturated heterocycles. The summed E-state index contributed by atoms with van der Waals surface area (Å²) < 4.78 is 0. The summed E-state index contributed by atoms with van der Waals surface area (Å²) in [6, 6.07) is -7.72. The number of amides is 7. The van der Waals surface area contributed by atoms with Gasteiger partial charge in [-0.25, -0.2) is 4.79 Å². The first kappa shape index (κ1) is 45.9. The fourth-order valence-electron chi connectivity index (χ4n) is 4.57. The second-order valence-corrected chi connectivity index (χ2v) is 12.5. The number of unbranched alkanes of at least 4 members (excludes halogenated alkanes) is 1. The Kier molecular flexibility index (Phi) is 21.8. The Morgan fingerprint density at radius 3 is 1.71 bits per heavy atom. The molecule has 0 aromatic heterocycles. The normalized spacial score (nSPS) is 14.4. The van der Waals surface area contributed by atoms with E-state index in [-0.39, 0.29) is 50.5 Å². The summed E-state index contributed by atoms with van der Waals surface area (Å²) >= 11 is 0. The van der Waals surface area contributed by atoms with Crippen LogP contribution in [0.3, 0.4) is 0 Å². The summed E-state index contributed by atoms with van der Waals surface area (Å²) in [5.74, 6) is -7.58. The zero-order valence-corrected chi connectivity index (χ0v) is 29.4. The van der Waals surface area contributed by atoms with E-state index in [0.717, 1.165) is 0 Å². The number of nitrogens with one attached hydrogen (secondary N) is 5. The molecular formula is C30H56N12O9. The molecule has 0 aromatic carbocycles. The maximum atomic E-state index is 13.4. The number of primary amides is 2. The van der Waals surface area contributed by atoms with E-state index in [1.807, 2.05) is 0 Å². The van der Waals surface area contributed by atoms with E-state index >= 15 is 0 Å². The van der Waals surface area contributed by atoms with Gasteiger partial charge in [0.05, 0.1) is 12.5 Å². The van der Waals surface area contributed by atoms with Gasteiger partial charge in [0.2, 0.25) is 41.4 Å². The van der Waals surface area contributed by atoms with Crippen molar-refractivity contribution in [3.63, 3.8) is 0 Å². The van der Waals surface area contributed by atoms with Gasteiger partial charge in [0.1, 0.15) is 30.2 Å².